The third-order valence-corrected chi connectivity index (χ3v) is 3.88. The van der Waals surface area contributed by atoms with Gasteiger partial charge in [-0.15, -0.1) is 0 Å². The van der Waals surface area contributed by atoms with Crippen LogP contribution >= 0.6 is 0 Å². The molecule has 21 heavy (non-hydrogen) atoms. The Morgan fingerprint density at radius 1 is 0.571 bits per heavy atom. The Morgan fingerprint density at radius 3 is 1.62 bits per heavy atom. The normalized spacial score (nSPS) is 11.7. The summed E-state index contributed by atoms with van der Waals surface area (Å²) in [6.45, 7) is 4.43. The number of unbranched alkanes of at least 4 members (excludes halogenated alkanes) is 9. The second-order valence-electron chi connectivity index (χ2n) is 6.03. The first kappa shape index (κ1) is 20.5. The highest BCUT2D eigenvalue weighted by atomic mass is 13.9. The molecule has 0 N–H and O–H groups in total. The van der Waals surface area contributed by atoms with Crippen LogP contribution in [0.15, 0.2) is 24.3 Å². The van der Waals surface area contributed by atoms with Gasteiger partial charge >= 0.3 is 0 Å². The average Bonchev–Trinajstić information content (AvgIpc) is 2.50. The van der Waals surface area contributed by atoms with E-state index in [-0.39, 0.29) is 0 Å². The Hall–Kier alpha value is -0.455. The summed E-state index contributed by atoms with van der Waals surface area (Å²) in [7, 11) is 2.41. The molecule has 0 saturated carbocycles. The Bertz CT molecular complexity index is 230. The summed E-state index contributed by atoms with van der Waals surface area (Å²) < 4.78 is 0. The molecule has 0 rings (SSSR count). The highest BCUT2D eigenvalue weighted by Crippen LogP contribution is 2.09. The van der Waals surface area contributed by atoms with Crippen LogP contribution in [-0.2, 0) is 0 Å². The van der Waals surface area contributed by atoms with Crippen molar-refractivity contribution in [3.8, 4) is 0 Å². The average molecular weight is 289 g/mol. The van der Waals surface area contributed by atoms with Crippen molar-refractivity contribution in [3.05, 3.63) is 24.3 Å². The van der Waals surface area contributed by atoms with Crippen molar-refractivity contribution in [1.29, 1.82) is 0 Å². The van der Waals surface area contributed by atoms with E-state index in [0.29, 0.717) is 0 Å². The zero-order chi connectivity index (χ0) is 15.4. The van der Waals surface area contributed by atoms with Crippen LogP contribution in [0.25, 0.3) is 0 Å². The third kappa shape index (κ3) is 19.5. The van der Waals surface area contributed by atoms with Gasteiger partial charge in [0.2, 0.25) is 0 Å². The summed E-state index contributed by atoms with van der Waals surface area (Å²) in [6, 6.07) is 0. The monoisotopic (exact) mass is 289 g/mol. The van der Waals surface area contributed by atoms with E-state index in [1.807, 2.05) is 0 Å². The lowest BCUT2D eigenvalue weighted by molar-refractivity contribution is 0.635. The number of allylic oxidation sites excluding steroid dienone is 4. The second kappa shape index (κ2) is 19.5. The number of rotatable bonds is 16. The zero-order valence-electron chi connectivity index (χ0n) is 14.8. The molecule has 0 aliphatic heterocycles. The molecule has 0 fully saturated rings. The number of hydrogen-bond acceptors (Lipinski definition) is 0. The fraction of sp³-hybridized carbons (Fsp3) is 0.800. The van der Waals surface area contributed by atoms with Crippen LogP contribution < -0.4 is 0 Å². The molecule has 1 radical (unpaired) electrons. The molecule has 0 aromatic heterocycles. The van der Waals surface area contributed by atoms with Gasteiger partial charge in [-0.3, -0.25) is 0 Å². The highest BCUT2D eigenvalue weighted by Gasteiger charge is 1.91. The van der Waals surface area contributed by atoms with Gasteiger partial charge in [0, 0.05) is 0 Å². The molecule has 0 saturated heterocycles. The lowest BCUT2D eigenvalue weighted by Crippen LogP contribution is -1.86. The highest BCUT2D eigenvalue weighted by molar-refractivity contribution is 6.35. The van der Waals surface area contributed by atoms with E-state index in [4.69, 9.17) is 0 Å². The smallest absolute Gasteiger partial charge is 0.0888 e. The van der Waals surface area contributed by atoms with Crippen molar-refractivity contribution >= 4 is 7.28 Å². The van der Waals surface area contributed by atoms with Crippen molar-refractivity contribution in [2.24, 2.45) is 0 Å². The van der Waals surface area contributed by atoms with Gasteiger partial charge in [-0.25, -0.2) is 0 Å². The quantitative estimate of drug-likeness (QED) is 0.158. The minimum absolute atomic E-state index is 1.18. The summed E-state index contributed by atoms with van der Waals surface area (Å²) in [6.07, 6.45) is 28.2. The summed E-state index contributed by atoms with van der Waals surface area (Å²) in [4.78, 5) is 0. The van der Waals surface area contributed by atoms with Crippen molar-refractivity contribution in [3.63, 3.8) is 0 Å². The molecular weight excluding hydrogens is 251 g/mol. The van der Waals surface area contributed by atoms with Crippen LogP contribution in [0, 0.1) is 0 Å². The molecule has 0 aromatic rings. The molecule has 0 amide bonds. The van der Waals surface area contributed by atoms with Gasteiger partial charge in [0.15, 0.2) is 0 Å². The Balaban J connectivity index is 3.07. The molecule has 0 unspecified atom stereocenters. The SMILES string of the molecule is CC[B]CCCCCCC/C=C/CCCCC/C=C/CC. The molecule has 0 spiro atoms. The van der Waals surface area contributed by atoms with Crippen LogP contribution in [0.1, 0.15) is 90.9 Å². The van der Waals surface area contributed by atoms with Crippen LogP contribution in [0.3, 0.4) is 0 Å². The molecule has 1 heteroatoms. The molecule has 0 heterocycles. The van der Waals surface area contributed by atoms with E-state index in [2.05, 4.69) is 45.4 Å². The Labute approximate surface area is 135 Å². The van der Waals surface area contributed by atoms with E-state index < -0.39 is 0 Å². The molecule has 0 bridgehead atoms. The van der Waals surface area contributed by atoms with Gasteiger partial charge in [0.1, 0.15) is 7.28 Å². The first-order chi connectivity index (χ1) is 10.4. The Morgan fingerprint density at radius 2 is 1.05 bits per heavy atom. The van der Waals surface area contributed by atoms with Crippen LogP contribution in [-0.4, -0.2) is 7.28 Å². The fourth-order valence-corrected chi connectivity index (χ4v) is 2.51. The molecule has 121 valence electrons. The van der Waals surface area contributed by atoms with Crippen molar-refractivity contribution < 1.29 is 0 Å². The second-order valence-corrected chi connectivity index (χ2v) is 6.03. The van der Waals surface area contributed by atoms with Gasteiger partial charge in [-0.05, 0) is 44.9 Å². The van der Waals surface area contributed by atoms with Crippen molar-refractivity contribution in [2.75, 3.05) is 0 Å². The minimum Gasteiger partial charge on any atom is -0.0888 e. The molecular formula is C20H38B. The van der Waals surface area contributed by atoms with E-state index in [9.17, 15) is 0 Å². The van der Waals surface area contributed by atoms with Crippen LogP contribution in [0.4, 0.5) is 0 Å². The first-order valence-corrected chi connectivity index (χ1v) is 9.53. The van der Waals surface area contributed by atoms with Gasteiger partial charge in [0.05, 0.1) is 0 Å². The fourth-order valence-electron chi connectivity index (χ4n) is 2.51. The largest absolute Gasteiger partial charge is 0.109 e. The van der Waals surface area contributed by atoms with E-state index in [1.54, 1.807) is 0 Å². The van der Waals surface area contributed by atoms with E-state index in [1.165, 1.54) is 89.7 Å². The van der Waals surface area contributed by atoms with Crippen LogP contribution in [0.2, 0.25) is 12.6 Å². The summed E-state index contributed by atoms with van der Waals surface area (Å²) in [5.74, 6) is 0. The maximum atomic E-state index is 2.41. The molecule has 0 aromatic carbocycles. The topological polar surface area (TPSA) is 0 Å². The standard InChI is InChI=1S/C20H38B/c1-3-5-6-7-8-9-10-11-12-13-14-15-16-17-18-19-20-21-4-2/h5-6,12-13H,3-4,7-11,14-20H2,1-2H3/b6-5+,13-12+. The zero-order valence-corrected chi connectivity index (χ0v) is 14.8. The van der Waals surface area contributed by atoms with Crippen LogP contribution in [0.5, 0.6) is 0 Å². The van der Waals surface area contributed by atoms with Crippen molar-refractivity contribution in [2.45, 2.75) is 104 Å². The van der Waals surface area contributed by atoms with Gasteiger partial charge < -0.3 is 0 Å². The van der Waals surface area contributed by atoms with Crippen molar-refractivity contribution in [1.82, 2.24) is 0 Å². The maximum Gasteiger partial charge on any atom is 0.109 e. The van der Waals surface area contributed by atoms with E-state index >= 15 is 0 Å². The first-order valence-electron chi connectivity index (χ1n) is 9.53. The van der Waals surface area contributed by atoms with Gasteiger partial charge in [-0.1, -0.05) is 82.9 Å². The lowest BCUT2D eigenvalue weighted by Gasteiger charge is -1.99. The molecule has 0 atom stereocenters. The molecule has 0 aliphatic carbocycles. The molecule has 0 nitrogen and oxygen atoms in total. The lowest BCUT2D eigenvalue weighted by atomic mass is 9.70. The van der Waals surface area contributed by atoms with Gasteiger partial charge in [0.25, 0.3) is 0 Å². The van der Waals surface area contributed by atoms with Gasteiger partial charge in [-0.2, -0.15) is 0 Å². The molecule has 0 aliphatic rings. The minimum atomic E-state index is 1.18. The predicted octanol–water partition coefficient (Wildman–Crippen LogP) is 7.36. The van der Waals surface area contributed by atoms with E-state index in [0.717, 1.165) is 0 Å². The predicted molar refractivity (Wildman–Crippen MR) is 100 cm³/mol. The summed E-state index contributed by atoms with van der Waals surface area (Å²) >= 11 is 0. The summed E-state index contributed by atoms with van der Waals surface area (Å²) in [5.41, 5.74) is 0. The maximum absolute atomic E-state index is 2.41. The third-order valence-electron chi connectivity index (χ3n) is 3.88. The summed E-state index contributed by atoms with van der Waals surface area (Å²) in [5, 5.41) is 0. The number of hydrogen-bond donors (Lipinski definition) is 0. The Kier molecular flexibility index (Phi) is 19.1.